The average Bonchev–Trinajstić information content (AvgIpc) is 2.34. The number of esters is 1. The van der Waals surface area contributed by atoms with E-state index in [1.54, 1.807) is 12.1 Å². The first kappa shape index (κ1) is 15.4. The summed E-state index contributed by atoms with van der Waals surface area (Å²) >= 11 is 0. The van der Waals surface area contributed by atoms with Gasteiger partial charge in [0.2, 0.25) is 0 Å². The van der Waals surface area contributed by atoms with E-state index in [2.05, 4.69) is 6.92 Å². The van der Waals surface area contributed by atoms with E-state index in [1.807, 2.05) is 32.9 Å². The highest BCUT2D eigenvalue weighted by Crippen LogP contribution is 2.23. The molecule has 0 amide bonds. The lowest BCUT2D eigenvalue weighted by Gasteiger charge is -2.19. The summed E-state index contributed by atoms with van der Waals surface area (Å²) in [4.78, 5) is 22.5. The predicted octanol–water partition coefficient (Wildman–Crippen LogP) is 3.72. The molecule has 0 aromatic heterocycles. The number of carbonyl (C=O) groups is 2. The fraction of sp³-hybridized carbons (Fsp3) is 0.500. The average molecular weight is 262 g/mol. The second kappa shape index (κ2) is 6.50. The van der Waals surface area contributed by atoms with Crippen LogP contribution in [0, 0.1) is 0 Å². The number of hydrogen-bond acceptors (Lipinski definition) is 3. The van der Waals surface area contributed by atoms with Gasteiger partial charge in [0.25, 0.3) is 0 Å². The van der Waals surface area contributed by atoms with Crippen LogP contribution in [-0.2, 0) is 9.53 Å². The van der Waals surface area contributed by atoms with Gasteiger partial charge in [-0.15, -0.1) is 0 Å². The minimum atomic E-state index is -0.487. The molecule has 0 aliphatic carbocycles. The van der Waals surface area contributed by atoms with Crippen molar-refractivity contribution in [2.45, 2.75) is 52.1 Å². The number of aldehydes is 1. The third-order valence-electron chi connectivity index (χ3n) is 2.89. The summed E-state index contributed by atoms with van der Waals surface area (Å²) in [6.45, 7) is 7.58. The monoisotopic (exact) mass is 262 g/mol. The molecule has 0 heterocycles. The van der Waals surface area contributed by atoms with E-state index in [1.165, 1.54) is 0 Å². The highest BCUT2D eigenvalue weighted by atomic mass is 16.6. The van der Waals surface area contributed by atoms with Crippen molar-refractivity contribution in [3.8, 4) is 0 Å². The van der Waals surface area contributed by atoms with E-state index < -0.39 is 5.60 Å². The van der Waals surface area contributed by atoms with Crippen molar-refractivity contribution >= 4 is 12.3 Å². The van der Waals surface area contributed by atoms with E-state index in [-0.39, 0.29) is 11.9 Å². The van der Waals surface area contributed by atoms with Gasteiger partial charge in [-0.25, -0.2) is 4.79 Å². The van der Waals surface area contributed by atoms with Crippen molar-refractivity contribution in [3.63, 3.8) is 0 Å². The van der Waals surface area contributed by atoms with Crippen molar-refractivity contribution in [1.29, 1.82) is 0 Å². The van der Waals surface area contributed by atoms with Crippen LogP contribution in [0.25, 0.3) is 0 Å². The van der Waals surface area contributed by atoms with E-state index in [0.717, 1.165) is 18.3 Å². The Morgan fingerprint density at radius 2 is 1.84 bits per heavy atom. The summed E-state index contributed by atoms with van der Waals surface area (Å²) in [7, 11) is 0. The van der Waals surface area contributed by atoms with Gasteiger partial charge < -0.3 is 9.53 Å². The Morgan fingerprint density at radius 1 is 1.26 bits per heavy atom. The number of carbonyl (C=O) groups excluding carboxylic acids is 2. The Bertz CT molecular complexity index is 426. The molecule has 1 aromatic carbocycles. The van der Waals surface area contributed by atoms with Crippen molar-refractivity contribution in [3.05, 3.63) is 35.4 Å². The molecule has 0 bridgehead atoms. The van der Waals surface area contributed by atoms with Gasteiger partial charge in [-0.1, -0.05) is 19.1 Å². The standard InChI is InChI=1S/C16H22O3/c1-5-12(10-11-17)13-6-8-14(9-7-13)15(18)19-16(2,3)4/h6-9,11-12H,5,10H2,1-4H3. The molecule has 1 unspecified atom stereocenters. The lowest BCUT2D eigenvalue weighted by molar-refractivity contribution is -0.108. The second-order valence-corrected chi connectivity index (χ2v) is 5.63. The highest BCUT2D eigenvalue weighted by Gasteiger charge is 2.18. The molecule has 0 saturated carbocycles. The molecule has 0 N–H and O–H groups in total. The third-order valence-corrected chi connectivity index (χ3v) is 2.89. The zero-order chi connectivity index (χ0) is 14.5. The van der Waals surface area contributed by atoms with Gasteiger partial charge in [0, 0.05) is 6.42 Å². The molecule has 0 radical (unpaired) electrons. The van der Waals surface area contributed by atoms with Crippen LogP contribution in [0.5, 0.6) is 0 Å². The Kier molecular flexibility index (Phi) is 5.28. The van der Waals surface area contributed by atoms with Gasteiger partial charge in [0.05, 0.1) is 5.56 Å². The maximum absolute atomic E-state index is 11.9. The first-order valence-electron chi connectivity index (χ1n) is 6.64. The molecule has 104 valence electrons. The van der Waals surface area contributed by atoms with Crippen LogP contribution in [0.2, 0.25) is 0 Å². The molecule has 0 aliphatic rings. The van der Waals surface area contributed by atoms with Gasteiger partial charge in [0.1, 0.15) is 11.9 Å². The molecular formula is C16H22O3. The summed E-state index contributed by atoms with van der Waals surface area (Å²) in [6.07, 6.45) is 2.36. The third kappa shape index (κ3) is 4.86. The first-order valence-corrected chi connectivity index (χ1v) is 6.64. The smallest absolute Gasteiger partial charge is 0.338 e. The van der Waals surface area contributed by atoms with Crippen LogP contribution in [0.15, 0.2) is 24.3 Å². The van der Waals surface area contributed by atoms with Gasteiger partial charge in [-0.2, -0.15) is 0 Å². The van der Waals surface area contributed by atoms with Crippen LogP contribution in [0.3, 0.4) is 0 Å². The van der Waals surface area contributed by atoms with Crippen LogP contribution in [0.4, 0.5) is 0 Å². The maximum Gasteiger partial charge on any atom is 0.338 e. The molecule has 3 heteroatoms. The number of rotatable bonds is 5. The molecule has 0 saturated heterocycles. The van der Waals surface area contributed by atoms with E-state index >= 15 is 0 Å². The van der Waals surface area contributed by atoms with Gasteiger partial charge in [0.15, 0.2) is 0 Å². The fourth-order valence-electron chi connectivity index (χ4n) is 1.88. The fourth-order valence-corrected chi connectivity index (χ4v) is 1.88. The van der Waals surface area contributed by atoms with Crippen LogP contribution >= 0.6 is 0 Å². The molecule has 0 aliphatic heterocycles. The predicted molar refractivity (Wildman–Crippen MR) is 75.3 cm³/mol. The van der Waals surface area contributed by atoms with E-state index in [4.69, 9.17) is 4.74 Å². The molecule has 0 fully saturated rings. The summed E-state index contributed by atoms with van der Waals surface area (Å²) in [6, 6.07) is 7.32. The van der Waals surface area contributed by atoms with Crippen molar-refractivity contribution in [2.75, 3.05) is 0 Å². The number of benzene rings is 1. The topological polar surface area (TPSA) is 43.4 Å². The minimum Gasteiger partial charge on any atom is -0.456 e. The number of hydrogen-bond donors (Lipinski definition) is 0. The summed E-state index contributed by atoms with van der Waals surface area (Å²) in [5.74, 6) is -0.0901. The maximum atomic E-state index is 11.9. The Labute approximate surface area is 115 Å². The highest BCUT2D eigenvalue weighted by molar-refractivity contribution is 5.89. The second-order valence-electron chi connectivity index (χ2n) is 5.63. The van der Waals surface area contributed by atoms with Gasteiger partial charge >= 0.3 is 5.97 Å². The van der Waals surface area contributed by atoms with Gasteiger partial charge in [-0.05, 0) is 50.8 Å². The molecule has 1 aromatic rings. The largest absolute Gasteiger partial charge is 0.456 e. The first-order chi connectivity index (χ1) is 8.87. The van der Waals surface area contributed by atoms with Gasteiger partial charge in [-0.3, -0.25) is 0 Å². The Morgan fingerprint density at radius 3 is 2.26 bits per heavy atom. The summed E-state index contributed by atoms with van der Waals surface area (Å²) in [5.41, 5.74) is 1.14. The van der Waals surface area contributed by atoms with E-state index in [9.17, 15) is 9.59 Å². The lowest BCUT2D eigenvalue weighted by atomic mass is 9.93. The van der Waals surface area contributed by atoms with Crippen molar-refractivity contribution < 1.29 is 14.3 Å². The zero-order valence-corrected chi connectivity index (χ0v) is 12.1. The molecule has 1 atom stereocenters. The van der Waals surface area contributed by atoms with Crippen molar-refractivity contribution in [2.24, 2.45) is 0 Å². The van der Waals surface area contributed by atoms with Crippen LogP contribution in [0.1, 0.15) is 62.4 Å². The Balaban J connectivity index is 2.81. The molecule has 0 spiro atoms. The van der Waals surface area contributed by atoms with Crippen LogP contribution < -0.4 is 0 Å². The summed E-state index contributed by atoms with van der Waals surface area (Å²) in [5, 5.41) is 0. The normalized spacial score (nSPS) is 12.8. The zero-order valence-electron chi connectivity index (χ0n) is 12.1. The summed E-state index contributed by atoms with van der Waals surface area (Å²) < 4.78 is 5.30. The minimum absolute atomic E-state index is 0.227. The SMILES string of the molecule is CCC(CC=O)c1ccc(C(=O)OC(C)(C)C)cc1. The quantitative estimate of drug-likeness (QED) is 0.600. The van der Waals surface area contributed by atoms with Crippen molar-refractivity contribution in [1.82, 2.24) is 0 Å². The Hall–Kier alpha value is -1.64. The van der Waals surface area contributed by atoms with E-state index in [0.29, 0.717) is 12.0 Å². The molecular weight excluding hydrogens is 240 g/mol. The van der Waals surface area contributed by atoms with Crippen LogP contribution in [-0.4, -0.2) is 17.9 Å². The molecule has 3 nitrogen and oxygen atoms in total. The molecule has 1 rings (SSSR count). The molecule has 19 heavy (non-hydrogen) atoms. The lowest BCUT2D eigenvalue weighted by Crippen LogP contribution is -2.23. The number of ether oxygens (including phenoxy) is 1.